The normalized spacial score (nSPS) is 13.3. The maximum absolute atomic E-state index is 12.3. The summed E-state index contributed by atoms with van der Waals surface area (Å²) in [5.74, 6) is -0.730. The number of nitrogens with zero attached hydrogens (tertiary/aromatic N) is 1. The number of likely N-dealkylation sites (tertiary alicyclic amines) is 1. The van der Waals surface area contributed by atoms with E-state index in [2.05, 4.69) is 10.6 Å². The molecule has 3 amide bonds. The predicted octanol–water partition coefficient (Wildman–Crippen LogP) is 2.07. The number of hydrogen-bond donors (Lipinski definition) is 3. The molecule has 27 heavy (non-hydrogen) atoms. The monoisotopic (exact) mass is 366 g/mol. The lowest BCUT2D eigenvalue weighted by Crippen LogP contribution is -2.27. The van der Waals surface area contributed by atoms with Gasteiger partial charge in [0, 0.05) is 35.6 Å². The van der Waals surface area contributed by atoms with Crippen LogP contribution in [-0.2, 0) is 4.79 Å². The molecular weight excluding hydrogens is 344 g/mol. The molecule has 2 aromatic carbocycles. The van der Waals surface area contributed by atoms with Gasteiger partial charge in [-0.2, -0.15) is 0 Å². The number of benzene rings is 2. The van der Waals surface area contributed by atoms with E-state index in [1.54, 1.807) is 48.5 Å². The van der Waals surface area contributed by atoms with E-state index in [9.17, 15) is 14.4 Å². The molecule has 140 valence electrons. The number of primary amides is 1. The second-order valence-corrected chi connectivity index (χ2v) is 6.42. The van der Waals surface area contributed by atoms with Gasteiger partial charge < -0.3 is 21.3 Å². The molecule has 3 rings (SSSR count). The lowest BCUT2D eigenvalue weighted by Gasteiger charge is -2.15. The van der Waals surface area contributed by atoms with Crippen LogP contribution in [0.2, 0.25) is 0 Å². The minimum Gasteiger partial charge on any atom is -0.376 e. The highest BCUT2D eigenvalue weighted by Crippen LogP contribution is 2.15. The van der Waals surface area contributed by atoms with Gasteiger partial charge in [0.15, 0.2) is 0 Å². The van der Waals surface area contributed by atoms with Crippen molar-refractivity contribution in [2.24, 2.45) is 5.73 Å². The van der Waals surface area contributed by atoms with Crippen LogP contribution in [0.25, 0.3) is 0 Å². The van der Waals surface area contributed by atoms with Crippen LogP contribution in [-0.4, -0.2) is 42.3 Å². The predicted molar refractivity (Wildman–Crippen MR) is 104 cm³/mol. The Hall–Kier alpha value is -3.35. The number of amides is 3. The molecule has 1 aliphatic heterocycles. The summed E-state index contributed by atoms with van der Waals surface area (Å²) in [6, 6.07) is 13.5. The highest BCUT2D eigenvalue weighted by molar-refractivity contribution is 5.97. The van der Waals surface area contributed by atoms with Crippen LogP contribution in [0.5, 0.6) is 0 Å². The zero-order valence-corrected chi connectivity index (χ0v) is 14.9. The molecule has 2 aromatic rings. The molecule has 0 spiro atoms. The summed E-state index contributed by atoms with van der Waals surface area (Å²) in [7, 11) is 0. The van der Waals surface area contributed by atoms with Crippen molar-refractivity contribution in [3.8, 4) is 0 Å². The quantitative estimate of drug-likeness (QED) is 0.728. The molecule has 0 radical (unpaired) electrons. The van der Waals surface area contributed by atoms with Crippen LogP contribution in [0, 0.1) is 0 Å². The Morgan fingerprint density at radius 2 is 1.63 bits per heavy atom. The summed E-state index contributed by atoms with van der Waals surface area (Å²) in [5.41, 5.74) is 7.49. The van der Waals surface area contributed by atoms with Gasteiger partial charge in [0.05, 0.1) is 6.54 Å². The van der Waals surface area contributed by atoms with E-state index >= 15 is 0 Å². The van der Waals surface area contributed by atoms with Gasteiger partial charge in [-0.25, -0.2) is 0 Å². The number of anilines is 2. The molecule has 7 heteroatoms. The summed E-state index contributed by atoms with van der Waals surface area (Å²) in [5, 5.41) is 5.71. The highest BCUT2D eigenvalue weighted by atomic mass is 16.2. The number of hydrogen-bond acceptors (Lipinski definition) is 4. The number of carbonyl (C=O) groups is 3. The zero-order valence-electron chi connectivity index (χ0n) is 14.9. The number of rotatable bonds is 6. The molecule has 0 aliphatic carbocycles. The standard InChI is InChI=1S/C20H22N4O3/c21-19(26)15-4-3-5-17(12-15)22-13-18(25)23-16-8-6-14(7-9-16)20(27)24-10-1-2-11-24/h3-9,12,22H,1-2,10-11,13H2,(H2,21,26)(H,23,25). The van der Waals surface area contributed by atoms with Crippen molar-refractivity contribution in [1.29, 1.82) is 0 Å². The number of nitrogens with one attached hydrogen (secondary N) is 2. The Bertz CT molecular complexity index is 843. The Morgan fingerprint density at radius 3 is 2.30 bits per heavy atom. The van der Waals surface area contributed by atoms with Crippen LogP contribution in [0.15, 0.2) is 48.5 Å². The Morgan fingerprint density at radius 1 is 0.926 bits per heavy atom. The van der Waals surface area contributed by atoms with Crippen LogP contribution in [0.3, 0.4) is 0 Å². The van der Waals surface area contributed by atoms with Gasteiger partial charge in [0.25, 0.3) is 5.91 Å². The maximum atomic E-state index is 12.3. The van der Waals surface area contributed by atoms with E-state index in [-0.39, 0.29) is 18.4 Å². The van der Waals surface area contributed by atoms with Crippen molar-refractivity contribution in [2.45, 2.75) is 12.8 Å². The van der Waals surface area contributed by atoms with E-state index in [4.69, 9.17) is 5.73 Å². The Kier molecular flexibility index (Phi) is 5.71. The second-order valence-electron chi connectivity index (χ2n) is 6.42. The first kappa shape index (κ1) is 18.4. The molecule has 1 fully saturated rings. The third kappa shape index (κ3) is 4.84. The Balaban J connectivity index is 1.52. The van der Waals surface area contributed by atoms with Crippen LogP contribution >= 0.6 is 0 Å². The molecule has 4 N–H and O–H groups in total. The highest BCUT2D eigenvalue weighted by Gasteiger charge is 2.19. The Labute approximate surface area is 157 Å². The first-order valence-electron chi connectivity index (χ1n) is 8.86. The van der Waals surface area contributed by atoms with E-state index in [1.165, 1.54) is 0 Å². The molecule has 7 nitrogen and oxygen atoms in total. The molecule has 0 unspecified atom stereocenters. The van der Waals surface area contributed by atoms with E-state index in [0.717, 1.165) is 25.9 Å². The fraction of sp³-hybridized carbons (Fsp3) is 0.250. The van der Waals surface area contributed by atoms with E-state index in [1.807, 2.05) is 4.90 Å². The number of nitrogens with two attached hydrogens (primary N) is 1. The summed E-state index contributed by atoms with van der Waals surface area (Å²) in [4.78, 5) is 37.4. The fourth-order valence-corrected chi connectivity index (χ4v) is 2.97. The van der Waals surface area contributed by atoms with Crippen molar-refractivity contribution in [2.75, 3.05) is 30.3 Å². The third-order valence-corrected chi connectivity index (χ3v) is 4.41. The van der Waals surface area contributed by atoms with Gasteiger partial charge in [-0.3, -0.25) is 14.4 Å². The summed E-state index contributed by atoms with van der Waals surface area (Å²) in [6.07, 6.45) is 2.10. The average molecular weight is 366 g/mol. The molecular formula is C20H22N4O3. The van der Waals surface area contributed by atoms with Crippen molar-refractivity contribution in [3.05, 3.63) is 59.7 Å². The maximum Gasteiger partial charge on any atom is 0.253 e. The number of carbonyl (C=O) groups excluding carboxylic acids is 3. The third-order valence-electron chi connectivity index (χ3n) is 4.41. The molecule has 0 aromatic heterocycles. The first-order valence-corrected chi connectivity index (χ1v) is 8.86. The van der Waals surface area contributed by atoms with Crippen LogP contribution in [0.1, 0.15) is 33.6 Å². The first-order chi connectivity index (χ1) is 13.0. The zero-order chi connectivity index (χ0) is 19.2. The van der Waals surface area contributed by atoms with E-state index in [0.29, 0.717) is 22.5 Å². The van der Waals surface area contributed by atoms with Gasteiger partial charge in [-0.15, -0.1) is 0 Å². The molecule has 1 heterocycles. The van der Waals surface area contributed by atoms with Gasteiger partial charge in [0.1, 0.15) is 0 Å². The van der Waals surface area contributed by atoms with Gasteiger partial charge in [-0.1, -0.05) is 6.07 Å². The fourth-order valence-electron chi connectivity index (χ4n) is 2.97. The topological polar surface area (TPSA) is 105 Å². The minimum atomic E-state index is -0.522. The van der Waals surface area contributed by atoms with Gasteiger partial charge in [-0.05, 0) is 55.3 Å². The molecule has 0 bridgehead atoms. The lowest BCUT2D eigenvalue weighted by atomic mass is 10.2. The summed E-state index contributed by atoms with van der Waals surface area (Å²) in [6.45, 7) is 1.65. The van der Waals surface area contributed by atoms with Crippen molar-refractivity contribution >= 4 is 29.1 Å². The van der Waals surface area contributed by atoms with Gasteiger partial charge >= 0.3 is 0 Å². The van der Waals surface area contributed by atoms with Crippen molar-refractivity contribution in [1.82, 2.24) is 4.90 Å². The van der Waals surface area contributed by atoms with E-state index < -0.39 is 5.91 Å². The van der Waals surface area contributed by atoms with Crippen molar-refractivity contribution < 1.29 is 14.4 Å². The largest absolute Gasteiger partial charge is 0.376 e. The lowest BCUT2D eigenvalue weighted by molar-refractivity contribution is -0.114. The molecule has 0 saturated carbocycles. The van der Waals surface area contributed by atoms with Crippen LogP contribution < -0.4 is 16.4 Å². The van der Waals surface area contributed by atoms with Crippen LogP contribution in [0.4, 0.5) is 11.4 Å². The molecule has 1 aliphatic rings. The summed E-state index contributed by atoms with van der Waals surface area (Å²) >= 11 is 0. The molecule has 1 saturated heterocycles. The average Bonchev–Trinajstić information content (AvgIpc) is 3.21. The second kappa shape index (κ2) is 8.35. The SMILES string of the molecule is NC(=O)c1cccc(NCC(=O)Nc2ccc(C(=O)N3CCCC3)cc2)c1. The molecule has 0 atom stereocenters. The van der Waals surface area contributed by atoms with Crippen molar-refractivity contribution in [3.63, 3.8) is 0 Å². The smallest absolute Gasteiger partial charge is 0.253 e. The van der Waals surface area contributed by atoms with Gasteiger partial charge in [0.2, 0.25) is 11.8 Å². The minimum absolute atomic E-state index is 0.0291. The summed E-state index contributed by atoms with van der Waals surface area (Å²) < 4.78 is 0.